The Kier molecular flexibility index (Phi) is 5.57. The van der Waals surface area contributed by atoms with E-state index < -0.39 is 6.04 Å². The highest BCUT2D eigenvalue weighted by Gasteiger charge is 2.38. The Bertz CT molecular complexity index is 1080. The lowest BCUT2D eigenvalue weighted by atomic mass is 10.1. The van der Waals surface area contributed by atoms with Crippen molar-refractivity contribution < 1.29 is 14.0 Å². The van der Waals surface area contributed by atoms with Crippen LogP contribution in [0.1, 0.15) is 45.2 Å². The molecular weight excluding hydrogens is 381 g/mol. The molecule has 1 atom stereocenters. The van der Waals surface area contributed by atoms with E-state index in [0.717, 1.165) is 16.7 Å². The Morgan fingerprint density at radius 1 is 1.10 bits per heavy atom. The molecule has 6 heteroatoms. The van der Waals surface area contributed by atoms with Crippen LogP contribution in [0.4, 0.5) is 4.39 Å². The Labute approximate surface area is 174 Å². The quantitative estimate of drug-likeness (QED) is 0.678. The highest BCUT2D eigenvalue weighted by molar-refractivity contribution is 5.99. The van der Waals surface area contributed by atoms with Gasteiger partial charge in [0.2, 0.25) is 5.91 Å². The first kappa shape index (κ1) is 19.8. The maximum absolute atomic E-state index is 13.2. The van der Waals surface area contributed by atoms with Crippen LogP contribution in [0.2, 0.25) is 0 Å². The molecular formula is C24H22FN3O2. The van der Waals surface area contributed by atoms with Gasteiger partial charge in [-0.25, -0.2) is 4.39 Å². The molecule has 1 N–H and O–H groups in total. The van der Waals surface area contributed by atoms with E-state index in [1.54, 1.807) is 35.4 Å². The van der Waals surface area contributed by atoms with Gasteiger partial charge in [0.05, 0.1) is 23.7 Å². The van der Waals surface area contributed by atoms with Gasteiger partial charge in [-0.1, -0.05) is 42.0 Å². The number of carbonyl (C=O) groups is 2. The summed E-state index contributed by atoms with van der Waals surface area (Å²) in [5.41, 5.74) is 4.06. The van der Waals surface area contributed by atoms with Crippen LogP contribution >= 0.6 is 0 Å². The second kappa shape index (κ2) is 8.45. The summed E-state index contributed by atoms with van der Waals surface area (Å²) in [6.45, 7) is 2.71. The van der Waals surface area contributed by atoms with Gasteiger partial charge in [0.15, 0.2) is 0 Å². The number of hydrogen-bond donors (Lipinski definition) is 1. The van der Waals surface area contributed by atoms with Gasteiger partial charge in [0.1, 0.15) is 5.82 Å². The summed E-state index contributed by atoms with van der Waals surface area (Å²) in [5, 5.41) is 2.94. The number of carbonyl (C=O) groups excluding carboxylic acids is 2. The number of nitrogens with zero attached hydrogens (tertiary/aromatic N) is 2. The molecule has 2 aromatic carbocycles. The summed E-state index contributed by atoms with van der Waals surface area (Å²) in [7, 11) is 0. The van der Waals surface area contributed by atoms with Crippen LogP contribution in [0.5, 0.6) is 0 Å². The van der Waals surface area contributed by atoms with Crippen LogP contribution in [0.3, 0.4) is 0 Å². The fourth-order valence-electron chi connectivity index (χ4n) is 3.75. The molecule has 30 heavy (non-hydrogen) atoms. The molecule has 2 amide bonds. The van der Waals surface area contributed by atoms with Gasteiger partial charge in [-0.3, -0.25) is 14.6 Å². The zero-order valence-electron chi connectivity index (χ0n) is 16.6. The molecule has 1 aliphatic heterocycles. The van der Waals surface area contributed by atoms with Crippen LogP contribution in [0.25, 0.3) is 0 Å². The van der Waals surface area contributed by atoms with Gasteiger partial charge in [-0.05, 0) is 42.3 Å². The predicted octanol–water partition coefficient (Wildman–Crippen LogP) is 3.93. The molecule has 1 unspecified atom stereocenters. The van der Waals surface area contributed by atoms with Gasteiger partial charge >= 0.3 is 0 Å². The number of amides is 2. The minimum atomic E-state index is -0.462. The second-order valence-electron chi connectivity index (χ2n) is 7.48. The molecule has 0 fully saturated rings. The lowest BCUT2D eigenvalue weighted by Crippen LogP contribution is -2.32. The average molecular weight is 403 g/mol. The molecule has 2 heterocycles. The van der Waals surface area contributed by atoms with Crippen LogP contribution in [-0.2, 0) is 17.9 Å². The third kappa shape index (κ3) is 4.22. The molecule has 152 valence electrons. The van der Waals surface area contributed by atoms with Crippen molar-refractivity contribution in [3.63, 3.8) is 0 Å². The smallest absolute Gasteiger partial charge is 0.256 e. The molecule has 4 rings (SSSR count). The number of fused-ring (bicyclic) bond motifs is 1. The minimum absolute atomic E-state index is 0.114. The van der Waals surface area contributed by atoms with Crippen molar-refractivity contribution >= 4 is 11.8 Å². The lowest BCUT2D eigenvalue weighted by Gasteiger charge is -2.24. The number of benzene rings is 2. The first-order chi connectivity index (χ1) is 14.5. The zero-order valence-corrected chi connectivity index (χ0v) is 16.6. The van der Waals surface area contributed by atoms with Gasteiger partial charge in [-0.15, -0.1) is 0 Å². The normalized spacial score (nSPS) is 15.2. The van der Waals surface area contributed by atoms with Crippen LogP contribution in [-0.4, -0.2) is 21.7 Å². The molecule has 0 aliphatic carbocycles. The van der Waals surface area contributed by atoms with Crippen LogP contribution in [0.15, 0.2) is 66.9 Å². The maximum atomic E-state index is 13.2. The van der Waals surface area contributed by atoms with Crippen molar-refractivity contribution in [1.29, 1.82) is 0 Å². The van der Waals surface area contributed by atoms with Crippen molar-refractivity contribution in [1.82, 2.24) is 15.2 Å². The maximum Gasteiger partial charge on any atom is 0.256 e. The number of aromatic nitrogens is 1. The molecule has 0 saturated heterocycles. The summed E-state index contributed by atoms with van der Waals surface area (Å²) in [6.07, 6.45) is 1.74. The Hall–Kier alpha value is -3.54. The number of halogens is 1. The van der Waals surface area contributed by atoms with Crippen LogP contribution in [0, 0.1) is 12.7 Å². The third-order valence-corrected chi connectivity index (χ3v) is 5.24. The molecule has 5 nitrogen and oxygen atoms in total. The number of hydrogen-bond acceptors (Lipinski definition) is 3. The monoisotopic (exact) mass is 403 g/mol. The Morgan fingerprint density at radius 3 is 2.67 bits per heavy atom. The largest absolute Gasteiger partial charge is 0.352 e. The molecule has 0 radical (unpaired) electrons. The van der Waals surface area contributed by atoms with Crippen molar-refractivity contribution in [3.8, 4) is 0 Å². The molecule has 0 spiro atoms. The molecule has 0 bridgehead atoms. The Balaban J connectivity index is 1.51. The predicted molar refractivity (Wildman–Crippen MR) is 111 cm³/mol. The summed E-state index contributed by atoms with van der Waals surface area (Å²) >= 11 is 0. The number of pyridine rings is 1. The summed E-state index contributed by atoms with van der Waals surface area (Å²) in [6, 6.07) is 17.0. The van der Waals surface area contributed by atoms with E-state index in [4.69, 9.17) is 0 Å². The fraction of sp³-hybridized carbons (Fsp3) is 0.208. The van der Waals surface area contributed by atoms with Crippen molar-refractivity contribution in [3.05, 3.63) is 101 Å². The molecule has 0 saturated carbocycles. The molecule has 3 aromatic rings. The summed E-state index contributed by atoms with van der Waals surface area (Å²) in [4.78, 5) is 31.7. The SMILES string of the molecule is Cc1cccc(CNC(=O)CC2c3ncccc3C(=O)N2Cc2ccc(F)cc2)c1. The highest BCUT2D eigenvalue weighted by atomic mass is 19.1. The van der Waals surface area contributed by atoms with Crippen LogP contribution < -0.4 is 5.32 Å². The molecule has 1 aromatic heterocycles. The highest BCUT2D eigenvalue weighted by Crippen LogP contribution is 2.35. The Morgan fingerprint density at radius 2 is 1.90 bits per heavy atom. The summed E-state index contributed by atoms with van der Waals surface area (Å²) < 4.78 is 13.2. The average Bonchev–Trinajstić information content (AvgIpc) is 3.00. The lowest BCUT2D eigenvalue weighted by molar-refractivity contribution is -0.122. The van der Waals surface area contributed by atoms with E-state index in [0.29, 0.717) is 17.8 Å². The first-order valence-corrected chi connectivity index (χ1v) is 9.84. The van der Waals surface area contributed by atoms with E-state index in [2.05, 4.69) is 10.3 Å². The van der Waals surface area contributed by atoms with Crippen molar-refractivity contribution in [2.75, 3.05) is 0 Å². The van der Waals surface area contributed by atoms with Gasteiger partial charge in [0.25, 0.3) is 5.91 Å². The zero-order chi connectivity index (χ0) is 21.1. The fourth-order valence-corrected chi connectivity index (χ4v) is 3.75. The molecule has 1 aliphatic rings. The van der Waals surface area contributed by atoms with E-state index in [1.807, 2.05) is 31.2 Å². The number of nitrogens with one attached hydrogen (secondary N) is 1. The van der Waals surface area contributed by atoms with E-state index in [-0.39, 0.29) is 30.6 Å². The van der Waals surface area contributed by atoms with E-state index >= 15 is 0 Å². The van der Waals surface area contributed by atoms with Gasteiger partial charge in [0, 0.05) is 19.3 Å². The van der Waals surface area contributed by atoms with Crippen molar-refractivity contribution in [2.45, 2.75) is 32.5 Å². The van der Waals surface area contributed by atoms with Crippen molar-refractivity contribution in [2.24, 2.45) is 0 Å². The standard InChI is InChI=1S/C24H22FN3O2/c1-16-4-2-5-18(12-16)14-27-22(29)13-21-23-20(6-3-11-26-23)24(30)28(21)15-17-7-9-19(25)10-8-17/h2-12,21H,13-15H2,1H3,(H,27,29). The topological polar surface area (TPSA) is 62.3 Å². The minimum Gasteiger partial charge on any atom is -0.352 e. The van der Waals surface area contributed by atoms with Gasteiger partial charge < -0.3 is 10.2 Å². The van der Waals surface area contributed by atoms with E-state index in [9.17, 15) is 14.0 Å². The third-order valence-electron chi connectivity index (χ3n) is 5.24. The second-order valence-corrected chi connectivity index (χ2v) is 7.48. The van der Waals surface area contributed by atoms with E-state index in [1.165, 1.54) is 12.1 Å². The first-order valence-electron chi connectivity index (χ1n) is 9.84. The number of rotatable bonds is 6. The number of aryl methyl sites for hydroxylation is 1. The van der Waals surface area contributed by atoms with Gasteiger partial charge in [-0.2, -0.15) is 0 Å². The summed E-state index contributed by atoms with van der Waals surface area (Å²) in [5.74, 6) is -0.653.